The largest absolute Gasteiger partial charge is 0.350 e. The minimum absolute atomic E-state index is 0.0941. The molecule has 156 valence electrons. The average Bonchev–Trinajstić information content (AvgIpc) is 3.02. The number of hydrogen-bond donors (Lipinski definition) is 3. The highest BCUT2D eigenvalue weighted by Crippen LogP contribution is 2.10. The number of amides is 3. The SMILES string of the molecule is Cc1cccc(NC(=O)NCC(=O)NCc2cccc(Cn3nc(C)cc3C)c2)c1. The van der Waals surface area contributed by atoms with Gasteiger partial charge in [0.25, 0.3) is 0 Å². The van der Waals surface area contributed by atoms with Gasteiger partial charge in [0.05, 0.1) is 18.8 Å². The maximum Gasteiger partial charge on any atom is 0.319 e. The van der Waals surface area contributed by atoms with Gasteiger partial charge >= 0.3 is 6.03 Å². The summed E-state index contributed by atoms with van der Waals surface area (Å²) in [6, 6.07) is 17.1. The summed E-state index contributed by atoms with van der Waals surface area (Å²) in [6.45, 7) is 6.94. The van der Waals surface area contributed by atoms with Crippen LogP contribution in [0.2, 0.25) is 0 Å². The van der Waals surface area contributed by atoms with Crippen LogP contribution in [0.15, 0.2) is 54.6 Å². The van der Waals surface area contributed by atoms with Gasteiger partial charge in [-0.05, 0) is 55.7 Å². The van der Waals surface area contributed by atoms with E-state index in [1.54, 1.807) is 6.07 Å². The Balaban J connectivity index is 1.45. The van der Waals surface area contributed by atoms with E-state index in [-0.39, 0.29) is 12.5 Å². The molecule has 0 aliphatic carbocycles. The number of carbonyl (C=O) groups is 2. The second kappa shape index (κ2) is 9.73. The predicted molar refractivity (Wildman–Crippen MR) is 117 cm³/mol. The maximum absolute atomic E-state index is 12.1. The lowest BCUT2D eigenvalue weighted by Gasteiger charge is -2.10. The first kappa shape index (κ1) is 21.1. The standard InChI is InChI=1S/C23H27N5O2/c1-16-6-4-9-21(10-16)26-23(30)25-14-22(29)24-13-19-7-5-8-20(12-19)15-28-18(3)11-17(2)27-28/h4-12H,13-15H2,1-3H3,(H,24,29)(H2,25,26,30). The average molecular weight is 406 g/mol. The summed E-state index contributed by atoms with van der Waals surface area (Å²) in [5.74, 6) is -0.252. The van der Waals surface area contributed by atoms with Crippen LogP contribution in [0.4, 0.5) is 10.5 Å². The van der Waals surface area contributed by atoms with Gasteiger partial charge in [-0.1, -0.05) is 36.4 Å². The van der Waals surface area contributed by atoms with E-state index in [2.05, 4.69) is 27.1 Å². The molecule has 7 nitrogen and oxygen atoms in total. The first-order valence-corrected chi connectivity index (χ1v) is 9.86. The third-order valence-electron chi connectivity index (χ3n) is 4.60. The van der Waals surface area contributed by atoms with Crippen molar-refractivity contribution >= 4 is 17.6 Å². The van der Waals surface area contributed by atoms with E-state index in [4.69, 9.17) is 0 Å². The normalized spacial score (nSPS) is 10.5. The molecule has 3 rings (SSSR count). The summed E-state index contributed by atoms with van der Waals surface area (Å²) in [6.07, 6.45) is 0. The Morgan fingerprint density at radius 3 is 2.43 bits per heavy atom. The Labute approximate surface area is 176 Å². The van der Waals surface area contributed by atoms with E-state index in [0.717, 1.165) is 28.1 Å². The van der Waals surface area contributed by atoms with Crippen molar-refractivity contribution in [2.24, 2.45) is 0 Å². The molecule has 0 bridgehead atoms. The Hall–Kier alpha value is -3.61. The van der Waals surface area contributed by atoms with Gasteiger partial charge in [0.1, 0.15) is 0 Å². The van der Waals surface area contributed by atoms with E-state index in [0.29, 0.717) is 18.8 Å². The highest BCUT2D eigenvalue weighted by molar-refractivity contribution is 5.92. The fourth-order valence-electron chi connectivity index (χ4n) is 3.17. The van der Waals surface area contributed by atoms with Crippen LogP contribution in [0, 0.1) is 20.8 Å². The highest BCUT2D eigenvalue weighted by atomic mass is 16.2. The molecular formula is C23H27N5O2. The molecule has 0 saturated heterocycles. The molecule has 0 aliphatic rings. The number of aromatic nitrogens is 2. The highest BCUT2D eigenvalue weighted by Gasteiger charge is 2.07. The molecule has 0 radical (unpaired) electrons. The van der Waals surface area contributed by atoms with Gasteiger partial charge in [-0.3, -0.25) is 9.48 Å². The molecule has 0 atom stereocenters. The molecule has 2 aromatic carbocycles. The Morgan fingerprint density at radius 1 is 0.933 bits per heavy atom. The van der Waals surface area contributed by atoms with Crippen LogP contribution in [-0.2, 0) is 17.9 Å². The molecule has 3 N–H and O–H groups in total. The summed E-state index contributed by atoms with van der Waals surface area (Å²) >= 11 is 0. The molecule has 1 aromatic heterocycles. The Morgan fingerprint density at radius 2 is 1.70 bits per heavy atom. The lowest BCUT2D eigenvalue weighted by Crippen LogP contribution is -2.38. The summed E-state index contributed by atoms with van der Waals surface area (Å²) in [4.78, 5) is 24.0. The zero-order valence-corrected chi connectivity index (χ0v) is 17.5. The molecule has 7 heteroatoms. The zero-order chi connectivity index (χ0) is 21.5. The smallest absolute Gasteiger partial charge is 0.319 e. The number of aryl methyl sites for hydroxylation is 3. The summed E-state index contributed by atoms with van der Waals surface area (Å²) in [5.41, 5.74) is 5.95. The number of hydrogen-bond acceptors (Lipinski definition) is 3. The lowest BCUT2D eigenvalue weighted by atomic mass is 10.1. The predicted octanol–water partition coefficient (Wildman–Crippen LogP) is 3.29. The fraction of sp³-hybridized carbons (Fsp3) is 0.261. The van der Waals surface area contributed by atoms with Crippen LogP contribution < -0.4 is 16.0 Å². The zero-order valence-electron chi connectivity index (χ0n) is 17.5. The molecule has 3 amide bonds. The fourth-order valence-corrected chi connectivity index (χ4v) is 3.17. The summed E-state index contributed by atoms with van der Waals surface area (Å²) < 4.78 is 1.96. The van der Waals surface area contributed by atoms with Crippen molar-refractivity contribution in [3.05, 3.63) is 82.7 Å². The van der Waals surface area contributed by atoms with Gasteiger partial charge in [-0.25, -0.2) is 4.79 Å². The van der Waals surface area contributed by atoms with E-state index >= 15 is 0 Å². The van der Waals surface area contributed by atoms with Gasteiger partial charge in [0.15, 0.2) is 0 Å². The lowest BCUT2D eigenvalue weighted by molar-refractivity contribution is -0.120. The number of nitrogens with one attached hydrogen (secondary N) is 3. The van der Waals surface area contributed by atoms with Crippen LogP contribution in [0.1, 0.15) is 28.1 Å². The third-order valence-corrected chi connectivity index (χ3v) is 4.60. The van der Waals surface area contributed by atoms with Gasteiger partial charge in [-0.2, -0.15) is 5.10 Å². The minimum Gasteiger partial charge on any atom is -0.350 e. The van der Waals surface area contributed by atoms with E-state index in [1.165, 1.54) is 0 Å². The van der Waals surface area contributed by atoms with Gasteiger partial charge < -0.3 is 16.0 Å². The number of rotatable bonds is 7. The summed E-state index contributed by atoms with van der Waals surface area (Å²) in [7, 11) is 0. The Bertz CT molecular complexity index is 1040. The molecule has 0 saturated carbocycles. The van der Waals surface area contributed by atoms with Gasteiger partial charge in [0.2, 0.25) is 5.91 Å². The van der Waals surface area contributed by atoms with Crippen LogP contribution in [0.5, 0.6) is 0 Å². The molecule has 30 heavy (non-hydrogen) atoms. The van der Waals surface area contributed by atoms with Crippen molar-refractivity contribution in [2.75, 3.05) is 11.9 Å². The van der Waals surface area contributed by atoms with E-state index < -0.39 is 6.03 Å². The van der Waals surface area contributed by atoms with Crippen LogP contribution in [-0.4, -0.2) is 28.3 Å². The number of urea groups is 1. The van der Waals surface area contributed by atoms with E-state index in [9.17, 15) is 9.59 Å². The van der Waals surface area contributed by atoms with Crippen LogP contribution >= 0.6 is 0 Å². The van der Waals surface area contributed by atoms with Crippen molar-refractivity contribution in [1.29, 1.82) is 0 Å². The first-order valence-electron chi connectivity index (χ1n) is 9.86. The molecule has 0 spiro atoms. The van der Waals surface area contributed by atoms with Crippen molar-refractivity contribution in [2.45, 2.75) is 33.9 Å². The van der Waals surface area contributed by atoms with Gasteiger partial charge in [0, 0.05) is 17.9 Å². The number of benzene rings is 2. The molecule has 0 fully saturated rings. The van der Waals surface area contributed by atoms with Crippen molar-refractivity contribution in [3.63, 3.8) is 0 Å². The molecule has 3 aromatic rings. The third kappa shape index (κ3) is 6.20. The molecular weight excluding hydrogens is 378 g/mol. The number of anilines is 1. The van der Waals surface area contributed by atoms with Gasteiger partial charge in [-0.15, -0.1) is 0 Å². The second-order valence-corrected chi connectivity index (χ2v) is 7.36. The van der Waals surface area contributed by atoms with E-state index in [1.807, 2.05) is 67.9 Å². The minimum atomic E-state index is -0.414. The monoisotopic (exact) mass is 405 g/mol. The second-order valence-electron chi connectivity index (χ2n) is 7.36. The molecule has 0 unspecified atom stereocenters. The summed E-state index contributed by atoms with van der Waals surface area (Å²) in [5, 5.41) is 12.6. The quantitative estimate of drug-likeness (QED) is 0.564. The first-order chi connectivity index (χ1) is 14.4. The molecule has 1 heterocycles. The number of carbonyl (C=O) groups excluding carboxylic acids is 2. The van der Waals surface area contributed by atoms with Crippen LogP contribution in [0.25, 0.3) is 0 Å². The number of nitrogens with zero attached hydrogens (tertiary/aromatic N) is 2. The van der Waals surface area contributed by atoms with Crippen molar-refractivity contribution in [3.8, 4) is 0 Å². The Kier molecular flexibility index (Phi) is 6.85. The van der Waals surface area contributed by atoms with Crippen LogP contribution in [0.3, 0.4) is 0 Å². The van der Waals surface area contributed by atoms with Crippen molar-refractivity contribution in [1.82, 2.24) is 20.4 Å². The molecule has 0 aliphatic heterocycles. The van der Waals surface area contributed by atoms with Crippen molar-refractivity contribution < 1.29 is 9.59 Å². The topological polar surface area (TPSA) is 88.0 Å². The maximum atomic E-state index is 12.1.